The molecule has 1 saturated heterocycles. The molecule has 26 heavy (non-hydrogen) atoms. The Bertz CT molecular complexity index is 727. The van der Waals surface area contributed by atoms with Gasteiger partial charge in [-0.05, 0) is 54.8 Å². The van der Waals surface area contributed by atoms with Gasteiger partial charge in [0, 0.05) is 43.1 Å². The van der Waals surface area contributed by atoms with Crippen LogP contribution in [0.5, 0.6) is 0 Å². The lowest BCUT2D eigenvalue weighted by atomic mass is 10.1. The number of likely N-dealkylation sites (tertiary alicyclic amines) is 1. The van der Waals surface area contributed by atoms with Crippen molar-refractivity contribution in [1.29, 1.82) is 0 Å². The van der Waals surface area contributed by atoms with E-state index in [9.17, 15) is 0 Å². The molecule has 1 aliphatic heterocycles. The lowest BCUT2D eigenvalue weighted by molar-refractivity contribution is 0.0263. The molecular formula is C18H27BrIN5O. The van der Waals surface area contributed by atoms with Crippen molar-refractivity contribution >= 4 is 51.5 Å². The molecule has 1 N–H and O–H groups in total. The summed E-state index contributed by atoms with van der Waals surface area (Å²) in [6.45, 7) is 8.36. The van der Waals surface area contributed by atoms with Crippen LogP contribution >= 0.6 is 39.9 Å². The molecule has 2 aromatic heterocycles. The Kier molecular flexibility index (Phi) is 8.62. The van der Waals surface area contributed by atoms with Crippen molar-refractivity contribution < 1.29 is 4.74 Å². The SMILES string of the molecule is CCNC(=NCc1cn2cc(Br)ccc2n1)N1CCC(OCC)CC1.I. The van der Waals surface area contributed by atoms with Gasteiger partial charge in [-0.3, -0.25) is 0 Å². The minimum Gasteiger partial charge on any atom is -0.378 e. The molecule has 0 atom stereocenters. The molecule has 0 unspecified atom stereocenters. The molecule has 0 spiro atoms. The van der Waals surface area contributed by atoms with E-state index in [-0.39, 0.29) is 24.0 Å². The zero-order valence-electron chi connectivity index (χ0n) is 15.3. The number of ether oxygens (including phenoxy) is 1. The molecule has 0 saturated carbocycles. The number of nitrogens with one attached hydrogen (secondary N) is 1. The monoisotopic (exact) mass is 535 g/mol. The van der Waals surface area contributed by atoms with Gasteiger partial charge in [-0.25, -0.2) is 9.98 Å². The van der Waals surface area contributed by atoms with Crippen LogP contribution in [0.1, 0.15) is 32.4 Å². The van der Waals surface area contributed by atoms with E-state index in [2.05, 4.69) is 45.0 Å². The summed E-state index contributed by atoms with van der Waals surface area (Å²) in [5.41, 5.74) is 1.91. The van der Waals surface area contributed by atoms with E-state index in [1.165, 1.54) is 0 Å². The van der Waals surface area contributed by atoms with Crippen molar-refractivity contribution in [2.24, 2.45) is 4.99 Å². The summed E-state index contributed by atoms with van der Waals surface area (Å²) in [6, 6.07) is 4.00. The van der Waals surface area contributed by atoms with E-state index in [1.54, 1.807) is 0 Å². The normalized spacial score (nSPS) is 16.0. The lowest BCUT2D eigenvalue weighted by Crippen LogP contribution is -2.47. The maximum Gasteiger partial charge on any atom is 0.194 e. The standard InChI is InChI=1S/C18H26BrN5O.HI/c1-3-20-18(23-9-7-16(8-10-23)25-4-2)21-11-15-13-24-12-14(19)5-6-17(24)22-15;/h5-6,12-13,16H,3-4,7-11H2,1-2H3,(H,20,21);1H. The van der Waals surface area contributed by atoms with Crippen LogP contribution in [0.4, 0.5) is 0 Å². The molecule has 3 heterocycles. The number of halogens is 2. The molecule has 0 amide bonds. The Hall–Kier alpha value is -0.870. The van der Waals surface area contributed by atoms with Crippen LogP contribution in [0.15, 0.2) is 34.0 Å². The fourth-order valence-corrected chi connectivity index (χ4v) is 3.50. The predicted octanol–water partition coefficient (Wildman–Crippen LogP) is 3.68. The first-order valence-electron chi connectivity index (χ1n) is 8.97. The van der Waals surface area contributed by atoms with E-state index in [1.807, 2.05) is 28.9 Å². The third-order valence-electron chi connectivity index (χ3n) is 4.33. The summed E-state index contributed by atoms with van der Waals surface area (Å²) in [7, 11) is 0. The summed E-state index contributed by atoms with van der Waals surface area (Å²) in [5.74, 6) is 0.968. The minimum absolute atomic E-state index is 0. The maximum absolute atomic E-state index is 5.74. The van der Waals surface area contributed by atoms with Crippen molar-refractivity contribution in [3.63, 3.8) is 0 Å². The predicted molar refractivity (Wildman–Crippen MR) is 119 cm³/mol. The third kappa shape index (κ3) is 5.56. The first-order valence-corrected chi connectivity index (χ1v) is 9.77. The zero-order chi connectivity index (χ0) is 17.6. The number of aromatic nitrogens is 2. The van der Waals surface area contributed by atoms with Gasteiger partial charge < -0.3 is 19.4 Å². The van der Waals surface area contributed by atoms with Gasteiger partial charge in [0.15, 0.2) is 5.96 Å². The molecule has 144 valence electrons. The van der Waals surface area contributed by atoms with Crippen LogP contribution in [0.25, 0.3) is 5.65 Å². The molecule has 1 aliphatic rings. The molecule has 8 heteroatoms. The molecule has 6 nitrogen and oxygen atoms in total. The van der Waals surface area contributed by atoms with E-state index in [4.69, 9.17) is 9.73 Å². The molecule has 3 rings (SSSR count). The van der Waals surface area contributed by atoms with Gasteiger partial charge in [0.05, 0.1) is 18.3 Å². The summed E-state index contributed by atoms with van der Waals surface area (Å²) in [5, 5.41) is 3.41. The molecule has 0 bridgehead atoms. The Morgan fingerprint density at radius 1 is 1.31 bits per heavy atom. The van der Waals surface area contributed by atoms with Gasteiger partial charge in [0.2, 0.25) is 0 Å². The van der Waals surface area contributed by atoms with Crippen LogP contribution in [0.2, 0.25) is 0 Å². The second-order valence-electron chi connectivity index (χ2n) is 6.16. The Morgan fingerprint density at radius 3 is 2.77 bits per heavy atom. The van der Waals surface area contributed by atoms with E-state index >= 15 is 0 Å². The fraction of sp³-hybridized carbons (Fsp3) is 0.556. The fourth-order valence-electron chi connectivity index (χ4n) is 3.15. The molecular weight excluding hydrogens is 509 g/mol. The summed E-state index contributed by atoms with van der Waals surface area (Å²) < 4.78 is 8.80. The first kappa shape index (κ1) is 21.4. The Morgan fingerprint density at radius 2 is 2.08 bits per heavy atom. The molecule has 0 aromatic carbocycles. The Labute approximate surface area is 180 Å². The van der Waals surface area contributed by atoms with Crippen LogP contribution < -0.4 is 5.32 Å². The average molecular weight is 536 g/mol. The van der Waals surface area contributed by atoms with Crippen LogP contribution in [0, 0.1) is 0 Å². The number of nitrogens with zero attached hydrogens (tertiary/aromatic N) is 4. The van der Waals surface area contributed by atoms with E-state index < -0.39 is 0 Å². The number of hydrogen-bond acceptors (Lipinski definition) is 3. The molecule has 0 aliphatic carbocycles. The zero-order valence-corrected chi connectivity index (χ0v) is 19.2. The van der Waals surface area contributed by atoms with Crippen molar-refractivity contribution in [2.45, 2.75) is 39.3 Å². The third-order valence-corrected chi connectivity index (χ3v) is 4.80. The van der Waals surface area contributed by atoms with Gasteiger partial charge in [-0.1, -0.05) is 0 Å². The van der Waals surface area contributed by atoms with Gasteiger partial charge in [0.1, 0.15) is 5.65 Å². The second kappa shape index (κ2) is 10.5. The van der Waals surface area contributed by atoms with Crippen molar-refractivity contribution in [3.8, 4) is 0 Å². The number of piperidine rings is 1. The lowest BCUT2D eigenvalue weighted by Gasteiger charge is -2.34. The number of aliphatic imine (C=N–C) groups is 1. The van der Waals surface area contributed by atoms with Crippen molar-refractivity contribution in [2.75, 3.05) is 26.2 Å². The topological polar surface area (TPSA) is 54.2 Å². The van der Waals surface area contributed by atoms with Crippen molar-refractivity contribution in [3.05, 3.63) is 34.7 Å². The number of fused-ring (bicyclic) bond motifs is 1. The number of rotatable bonds is 5. The maximum atomic E-state index is 5.74. The van der Waals surface area contributed by atoms with E-state index in [0.717, 1.165) is 60.9 Å². The van der Waals surface area contributed by atoms with Crippen molar-refractivity contribution in [1.82, 2.24) is 19.6 Å². The summed E-state index contributed by atoms with van der Waals surface area (Å²) in [4.78, 5) is 11.8. The second-order valence-corrected chi connectivity index (χ2v) is 7.07. The minimum atomic E-state index is 0. The number of imidazole rings is 1. The van der Waals surface area contributed by atoms with Gasteiger partial charge in [-0.15, -0.1) is 24.0 Å². The summed E-state index contributed by atoms with van der Waals surface area (Å²) >= 11 is 3.49. The molecule has 1 fully saturated rings. The van der Waals surface area contributed by atoms with Gasteiger partial charge in [-0.2, -0.15) is 0 Å². The smallest absolute Gasteiger partial charge is 0.194 e. The largest absolute Gasteiger partial charge is 0.378 e. The summed E-state index contributed by atoms with van der Waals surface area (Å²) in [6.07, 6.45) is 6.55. The quantitative estimate of drug-likeness (QED) is 0.360. The number of hydrogen-bond donors (Lipinski definition) is 1. The number of pyridine rings is 1. The van der Waals surface area contributed by atoms with Crippen LogP contribution in [0.3, 0.4) is 0 Å². The highest BCUT2D eigenvalue weighted by Crippen LogP contribution is 2.15. The molecule has 2 aromatic rings. The van der Waals surface area contributed by atoms with Crippen LogP contribution in [-0.4, -0.2) is 52.6 Å². The van der Waals surface area contributed by atoms with E-state index in [0.29, 0.717) is 12.6 Å². The Balaban J connectivity index is 0.00000243. The van der Waals surface area contributed by atoms with Gasteiger partial charge in [0.25, 0.3) is 0 Å². The van der Waals surface area contributed by atoms with Crippen LogP contribution in [-0.2, 0) is 11.3 Å². The number of guanidine groups is 1. The highest BCUT2D eigenvalue weighted by atomic mass is 127. The average Bonchev–Trinajstić information content (AvgIpc) is 3.01. The first-order chi connectivity index (χ1) is 12.2. The molecule has 0 radical (unpaired) electrons. The van der Waals surface area contributed by atoms with Gasteiger partial charge >= 0.3 is 0 Å². The highest BCUT2D eigenvalue weighted by molar-refractivity contribution is 14.0. The highest BCUT2D eigenvalue weighted by Gasteiger charge is 2.21.